The Morgan fingerprint density at radius 1 is 1.32 bits per heavy atom. The molecule has 0 spiro atoms. The van der Waals surface area contributed by atoms with Crippen molar-refractivity contribution in [3.63, 3.8) is 0 Å². The van der Waals surface area contributed by atoms with Crippen LogP contribution < -0.4 is 0 Å². The molecule has 2 aromatic rings. The number of aromatic amines is 1. The van der Waals surface area contributed by atoms with E-state index in [2.05, 4.69) is 10.2 Å². The fraction of sp³-hybridized carbons (Fsp3) is 0.308. The lowest BCUT2D eigenvalue weighted by Crippen LogP contribution is -2.35. The Bertz CT molecular complexity index is 618. The first-order valence-electron chi connectivity index (χ1n) is 5.86. The zero-order chi connectivity index (χ0) is 14.0. The maximum atomic E-state index is 12.0. The number of fused-ring (bicyclic) bond motifs is 1. The van der Waals surface area contributed by atoms with E-state index in [1.807, 2.05) is 18.2 Å². The number of hydrogen-bond acceptors (Lipinski definition) is 4. The average Bonchev–Trinajstić information content (AvgIpc) is 2.81. The van der Waals surface area contributed by atoms with Gasteiger partial charge in [-0.15, -0.1) is 0 Å². The second-order valence-electron chi connectivity index (χ2n) is 4.40. The van der Waals surface area contributed by atoms with Gasteiger partial charge in [0.15, 0.2) is 11.8 Å². The lowest BCUT2D eigenvalue weighted by molar-refractivity contribution is -0.137. The van der Waals surface area contributed by atoms with Crippen molar-refractivity contribution >= 4 is 22.8 Å². The topological polar surface area (TPSA) is 75.3 Å². The molecule has 1 heterocycles. The molecule has 0 saturated carbocycles. The minimum atomic E-state index is -0.835. The van der Waals surface area contributed by atoms with Crippen LogP contribution in [-0.4, -0.2) is 47.2 Å². The standard InChI is InChI=1S/C13H15N3O3/c1-8(12(17)16(2)3)19-13(18)11-9-6-4-5-7-10(9)14-15-11/h4-8H,1-3H3,(H,14,15)/t8-/m1/s1. The fourth-order valence-electron chi connectivity index (χ4n) is 1.75. The van der Waals surface area contributed by atoms with E-state index in [1.54, 1.807) is 20.2 Å². The second kappa shape index (κ2) is 5.09. The lowest BCUT2D eigenvalue weighted by Gasteiger charge is -2.16. The average molecular weight is 261 g/mol. The third kappa shape index (κ3) is 2.57. The van der Waals surface area contributed by atoms with Gasteiger partial charge in [-0.05, 0) is 13.0 Å². The number of likely N-dealkylation sites (N-methyl/N-ethyl adjacent to an activating group) is 1. The first-order valence-corrected chi connectivity index (χ1v) is 5.86. The van der Waals surface area contributed by atoms with Crippen molar-refractivity contribution in [1.29, 1.82) is 0 Å². The van der Waals surface area contributed by atoms with E-state index < -0.39 is 12.1 Å². The van der Waals surface area contributed by atoms with E-state index in [0.29, 0.717) is 5.39 Å². The monoisotopic (exact) mass is 261 g/mol. The minimum Gasteiger partial charge on any atom is -0.448 e. The van der Waals surface area contributed by atoms with Crippen molar-refractivity contribution in [1.82, 2.24) is 15.1 Å². The van der Waals surface area contributed by atoms with Crippen LogP contribution in [0.15, 0.2) is 24.3 Å². The van der Waals surface area contributed by atoms with E-state index in [0.717, 1.165) is 5.52 Å². The summed E-state index contributed by atoms with van der Waals surface area (Å²) in [6.07, 6.45) is -0.835. The Labute approximate surface area is 110 Å². The predicted molar refractivity (Wildman–Crippen MR) is 69.7 cm³/mol. The molecule has 0 bridgehead atoms. The Kier molecular flexibility index (Phi) is 3.50. The highest BCUT2D eigenvalue weighted by atomic mass is 16.5. The van der Waals surface area contributed by atoms with Crippen LogP contribution in [0, 0.1) is 0 Å². The zero-order valence-corrected chi connectivity index (χ0v) is 11.0. The molecule has 1 amide bonds. The fourth-order valence-corrected chi connectivity index (χ4v) is 1.75. The summed E-state index contributed by atoms with van der Waals surface area (Å²) in [7, 11) is 3.22. The molecule has 1 N–H and O–H groups in total. The molecule has 0 fully saturated rings. The number of aromatic nitrogens is 2. The number of ether oxygens (including phenoxy) is 1. The van der Waals surface area contributed by atoms with Crippen molar-refractivity contribution in [3.8, 4) is 0 Å². The number of rotatable bonds is 3. The molecule has 0 radical (unpaired) electrons. The summed E-state index contributed by atoms with van der Waals surface area (Å²) >= 11 is 0. The number of hydrogen-bond donors (Lipinski definition) is 1. The molecule has 0 aliphatic heterocycles. The molecule has 2 rings (SSSR count). The van der Waals surface area contributed by atoms with Gasteiger partial charge in [-0.1, -0.05) is 18.2 Å². The van der Waals surface area contributed by atoms with Crippen LogP contribution in [-0.2, 0) is 9.53 Å². The number of amides is 1. The second-order valence-corrected chi connectivity index (χ2v) is 4.40. The number of benzene rings is 1. The first kappa shape index (κ1) is 13.1. The summed E-state index contributed by atoms with van der Waals surface area (Å²) in [5, 5.41) is 7.35. The highest BCUT2D eigenvalue weighted by Crippen LogP contribution is 2.16. The van der Waals surface area contributed by atoms with E-state index in [4.69, 9.17) is 4.74 Å². The maximum Gasteiger partial charge on any atom is 0.360 e. The van der Waals surface area contributed by atoms with Gasteiger partial charge < -0.3 is 9.64 Å². The highest BCUT2D eigenvalue weighted by molar-refractivity contribution is 6.02. The van der Waals surface area contributed by atoms with E-state index in [1.165, 1.54) is 11.8 Å². The summed E-state index contributed by atoms with van der Waals surface area (Å²) in [5.74, 6) is -0.881. The summed E-state index contributed by atoms with van der Waals surface area (Å²) in [4.78, 5) is 25.0. The van der Waals surface area contributed by atoms with Crippen LogP contribution >= 0.6 is 0 Å². The molecule has 1 aromatic heterocycles. The van der Waals surface area contributed by atoms with Gasteiger partial charge in [-0.25, -0.2) is 4.79 Å². The van der Waals surface area contributed by atoms with Crippen LogP contribution in [0.1, 0.15) is 17.4 Å². The number of esters is 1. The zero-order valence-electron chi connectivity index (χ0n) is 11.0. The summed E-state index contributed by atoms with van der Waals surface area (Å²) in [6, 6.07) is 7.23. The van der Waals surface area contributed by atoms with E-state index in [-0.39, 0.29) is 11.6 Å². The highest BCUT2D eigenvalue weighted by Gasteiger charge is 2.23. The number of nitrogens with one attached hydrogen (secondary N) is 1. The van der Waals surface area contributed by atoms with Crippen molar-refractivity contribution in [2.24, 2.45) is 0 Å². The molecule has 6 heteroatoms. The predicted octanol–water partition coefficient (Wildman–Crippen LogP) is 1.20. The molecule has 100 valence electrons. The van der Waals surface area contributed by atoms with Crippen molar-refractivity contribution in [2.45, 2.75) is 13.0 Å². The Balaban J connectivity index is 2.19. The van der Waals surface area contributed by atoms with Crippen molar-refractivity contribution in [3.05, 3.63) is 30.0 Å². The van der Waals surface area contributed by atoms with Gasteiger partial charge in [0.25, 0.3) is 5.91 Å². The van der Waals surface area contributed by atoms with Crippen LogP contribution in [0.3, 0.4) is 0 Å². The third-order valence-corrected chi connectivity index (χ3v) is 2.74. The normalized spacial score (nSPS) is 12.2. The number of H-pyrrole nitrogens is 1. The molecule has 1 aromatic carbocycles. The molecule has 0 aliphatic carbocycles. The van der Waals surface area contributed by atoms with Gasteiger partial charge in [-0.2, -0.15) is 5.10 Å². The molecular formula is C13H15N3O3. The third-order valence-electron chi connectivity index (χ3n) is 2.74. The van der Waals surface area contributed by atoms with Crippen LogP contribution in [0.4, 0.5) is 0 Å². The van der Waals surface area contributed by atoms with Gasteiger partial charge in [-0.3, -0.25) is 9.89 Å². The number of carbonyl (C=O) groups excluding carboxylic acids is 2. The molecule has 0 saturated heterocycles. The molecule has 0 aliphatic rings. The number of carbonyl (C=O) groups is 2. The van der Waals surface area contributed by atoms with Crippen LogP contribution in [0.2, 0.25) is 0 Å². The molecule has 19 heavy (non-hydrogen) atoms. The summed E-state index contributed by atoms with van der Waals surface area (Å²) in [6.45, 7) is 1.54. The van der Waals surface area contributed by atoms with Gasteiger partial charge >= 0.3 is 5.97 Å². The minimum absolute atomic E-state index is 0.189. The van der Waals surface area contributed by atoms with Crippen LogP contribution in [0.5, 0.6) is 0 Å². The Morgan fingerprint density at radius 3 is 2.68 bits per heavy atom. The van der Waals surface area contributed by atoms with Crippen molar-refractivity contribution < 1.29 is 14.3 Å². The van der Waals surface area contributed by atoms with Gasteiger partial charge in [0.1, 0.15) is 0 Å². The first-order chi connectivity index (χ1) is 9.00. The molecule has 0 unspecified atom stereocenters. The quantitative estimate of drug-likeness (QED) is 0.842. The van der Waals surface area contributed by atoms with Crippen molar-refractivity contribution in [2.75, 3.05) is 14.1 Å². The van der Waals surface area contributed by atoms with Gasteiger partial charge in [0, 0.05) is 19.5 Å². The molecule has 1 atom stereocenters. The number of para-hydroxylation sites is 1. The maximum absolute atomic E-state index is 12.0. The van der Waals surface area contributed by atoms with Gasteiger partial charge in [0.2, 0.25) is 0 Å². The van der Waals surface area contributed by atoms with E-state index in [9.17, 15) is 9.59 Å². The molecular weight excluding hydrogens is 246 g/mol. The SMILES string of the molecule is C[C@@H](OC(=O)c1n[nH]c2ccccc12)C(=O)N(C)C. The lowest BCUT2D eigenvalue weighted by atomic mass is 10.2. The number of nitrogens with zero attached hydrogens (tertiary/aromatic N) is 2. The van der Waals surface area contributed by atoms with Crippen LogP contribution in [0.25, 0.3) is 10.9 Å². The van der Waals surface area contributed by atoms with E-state index >= 15 is 0 Å². The Hall–Kier alpha value is -2.37. The Morgan fingerprint density at radius 2 is 2.00 bits per heavy atom. The summed E-state index contributed by atoms with van der Waals surface area (Å²) in [5.41, 5.74) is 0.940. The summed E-state index contributed by atoms with van der Waals surface area (Å²) < 4.78 is 5.11. The largest absolute Gasteiger partial charge is 0.448 e. The molecule has 6 nitrogen and oxygen atoms in total. The van der Waals surface area contributed by atoms with Gasteiger partial charge in [0.05, 0.1) is 5.52 Å². The smallest absolute Gasteiger partial charge is 0.360 e.